The van der Waals surface area contributed by atoms with Gasteiger partial charge in [-0.15, -0.1) is 11.3 Å². The van der Waals surface area contributed by atoms with Gasteiger partial charge in [-0.1, -0.05) is 0 Å². The lowest BCUT2D eigenvalue weighted by Gasteiger charge is -2.10. The van der Waals surface area contributed by atoms with Crippen molar-refractivity contribution in [3.05, 3.63) is 27.7 Å². The van der Waals surface area contributed by atoms with Crippen LogP contribution in [0.4, 0.5) is 0 Å². The van der Waals surface area contributed by atoms with Crippen LogP contribution in [-0.4, -0.2) is 31.3 Å². The van der Waals surface area contributed by atoms with Gasteiger partial charge in [-0.3, -0.25) is 0 Å². The van der Waals surface area contributed by atoms with Crippen LogP contribution in [0, 0.1) is 0 Å². The van der Waals surface area contributed by atoms with Gasteiger partial charge in [0.2, 0.25) is 0 Å². The predicted molar refractivity (Wildman–Crippen MR) is 82.2 cm³/mol. The van der Waals surface area contributed by atoms with E-state index in [-0.39, 0.29) is 0 Å². The number of esters is 1. The lowest BCUT2D eigenvalue weighted by atomic mass is 10.2. The van der Waals surface area contributed by atoms with Crippen LogP contribution in [0.25, 0.3) is 10.6 Å². The highest BCUT2D eigenvalue weighted by Crippen LogP contribution is 2.41. The van der Waals surface area contributed by atoms with Crippen molar-refractivity contribution in [3.63, 3.8) is 0 Å². The third kappa shape index (κ3) is 2.89. The molecule has 2 aromatic rings. The first-order valence-corrected chi connectivity index (χ1v) is 7.99. The van der Waals surface area contributed by atoms with Crippen LogP contribution in [0.3, 0.4) is 0 Å². The Morgan fingerprint density at radius 2 is 2.19 bits per heavy atom. The van der Waals surface area contributed by atoms with Crippen LogP contribution in [-0.2, 0) is 4.74 Å². The number of nitrogens with zero attached hydrogens (tertiary/aromatic N) is 1. The maximum atomic E-state index is 11.5. The number of fused-ring (bicyclic) bond motifs is 1. The second kappa shape index (κ2) is 6.03. The lowest BCUT2D eigenvalue weighted by molar-refractivity contribution is 0.0595. The number of carbonyl (C=O) groups is 1. The highest BCUT2D eigenvalue weighted by Gasteiger charge is 2.18. The third-order valence-electron chi connectivity index (χ3n) is 2.95. The molecule has 0 aliphatic carbocycles. The Hall–Kier alpha value is -1.60. The Morgan fingerprint density at radius 3 is 3.00 bits per heavy atom. The van der Waals surface area contributed by atoms with E-state index >= 15 is 0 Å². The SMILES string of the molecule is COC(=O)c1csc(-c2cc(Br)c3c(c2)OCCCO3)n1. The maximum Gasteiger partial charge on any atom is 0.357 e. The Kier molecular flexibility index (Phi) is 4.12. The number of benzene rings is 1. The van der Waals surface area contributed by atoms with Gasteiger partial charge in [0.05, 0.1) is 24.8 Å². The van der Waals surface area contributed by atoms with Crippen molar-refractivity contribution < 1.29 is 19.0 Å². The number of rotatable bonds is 2. The van der Waals surface area contributed by atoms with Crippen LogP contribution in [0.2, 0.25) is 0 Å². The summed E-state index contributed by atoms with van der Waals surface area (Å²) in [4.78, 5) is 15.8. The van der Waals surface area contributed by atoms with Crippen molar-refractivity contribution in [1.82, 2.24) is 4.98 Å². The first kappa shape index (κ1) is 14.3. The van der Waals surface area contributed by atoms with Crippen LogP contribution in [0.1, 0.15) is 16.9 Å². The normalized spacial score (nSPS) is 13.6. The summed E-state index contributed by atoms with van der Waals surface area (Å²) < 4.78 is 16.8. The van der Waals surface area contributed by atoms with Gasteiger partial charge < -0.3 is 14.2 Å². The van der Waals surface area contributed by atoms with Crippen molar-refractivity contribution in [3.8, 4) is 22.1 Å². The molecule has 0 amide bonds. The molecule has 0 atom stereocenters. The van der Waals surface area contributed by atoms with E-state index in [9.17, 15) is 4.79 Å². The largest absolute Gasteiger partial charge is 0.489 e. The maximum absolute atomic E-state index is 11.5. The summed E-state index contributed by atoms with van der Waals surface area (Å²) in [6.07, 6.45) is 0.847. The molecule has 0 radical (unpaired) electrons. The molecular formula is C14H12BrNO4S. The van der Waals surface area contributed by atoms with Gasteiger partial charge in [-0.25, -0.2) is 9.78 Å². The number of aromatic nitrogens is 1. The van der Waals surface area contributed by atoms with Gasteiger partial charge in [-0.2, -0.15) is 0 Å². The number of carbonyl (C=O) groups excluding carboxylic acids is 1. The Bertz CT molecular complexity index is 686. The fourth-order valence-electron chi connectivity index (χ4n) is 1.96. The predicted octanol–water partition coefficient (Wildman–Crippen LogP) is 3.52. The zero-order valence-corrected chi connectivity index (χ0v) is 13.6. The van der Waals surface area contributed by atoms with E-state index in [0.717, 1.165) is 21.5 Å². The Morgan fingerprint density at radius 1 is 1.38 bits per heavy atom. The fraction of sp³-hybridized carbons (Fsp3) is 0.286. The molecule has 3 rings (SSSR count). The highest BCUT2D eigenvalue weighted by atomic mass is 79.9. The molecule has 1 aromatic heterocycles. The fourth-order valence-corrected chi connectivity index (χ4v) is 3.29. The minimum atomic E-state index is -0.439. The summed E-state index contributed by atoms with van der Waals surface area (Å²) in [5, 5.41) is 2.41. The van der Waals surface area contributed by atoms with E-state index in [2.05, 4.69) is 25.7 Å². The molecule has 0 unspecified atom stereocenters. The van der Waals surface area contributed by atoms with Gasteiger partial charge in [-0.05, 0) is 28.1 Å². The van der Waals surface area contributed by atoms with E-state index < -0.39 is 5.97 Å². The van der Waals surface area contributed by atoms with Crippen molar-refractivity contribution in [2.24, 2.45) is 0 Å². The molecule has 0 N–H and O–H groups in total. The molecule has 0 saturated heterocycles. The monoisotopic (exact) mass is 369 g/mol. The Labute approximate surface area is 134 Å². The number of ether oxygens (including phenoxy) is 3. The molecule has 1 aliphatic rings. The second-order valence-corrected chi connectivity index (χ2v) is 6.08. The van der Waals surface area contributed by atoms with Crippen LogP contribution >= 0.6 is 27.3 Å². The molecule has 5 nitrogen and oxygen atoms in total. The number of halogens is 1. The lowest BCUT2D eigenvalue weighted by Crippen LogP contribution is -2.01. The minimum absolute atomic E-state index is 0.306. The Balaban J connectivity index is 1.99. The van der Waals surface area contributed by atoms with Crippen molar-refractivity contribution in [1.29, 1.82) is 0 Å². The zero-order valence-electron chi connectivity index (χ0n) is 11.2. The van der Waals surface area contributed by atoms with Gasteiger partial charge in [0, 0.05) is 17.4 Å². The summed E-state index contributed by atoms with van der Waals surface area (Å²) in [7, 11) is 1.34. The topological polar surface area (TPSA) is 57.7 Å². The molecule has 0 fully saturated rings. The average Bonchev–Trinajstić information content (AvgIpc) is 2.86. The van der Waals surface area contributed by atoms with Gasteiger partial charge in [0.1, 0.15) is 5.01 Å². The van der Waals surface area contributed by atoms with Gasteiger partial charge >= 0.3 is 5.97 Å². The minimum Gasteiger partial charge on any atom is -0.489 e. The smallest absolute Gasteiger partial charge is 0.357 e. The molecule has 7 heteroatoms. The number of hydrogen-bond donors (Lipinski definition) is 0. The van der Waals surface area contributed by atoms with E-state index in [1.54, 1.807) is 5.38 Å². The van der Waals surface area contributed by atoms with E-state index in [1.165, 1.54) is 18.4 Å². The zero-order chi connectivity index (χ0) is 14.8. The van der Waals surface area contributed by atoms with Crippen molar-refractivity contribution in [2.45, 2.75) is 6.42 Å². The first-order valence-electron chi connectivity index (χ1n) is 6.32. The number of methoxy groups -OCH3 is 1. The summed E-state index contributed by atoms with van der Waals surface area (Å²) in [6.45, 7) is 1.25. The van der Waals surface area contributed by atoms with E-state index in [0.29, 0.717) is 30.4 Å². The first-order chi connectivity index (χ1) is 10.2. The van der Waals surface area contributed by atoms with Crippen LogP contribution in [0.15, 0.2) is 22.0 Å². The number of hydrogen-bond acceptors (Lipinski definition) is 6. The highest BCUT2D eigenvalue weighted by molar-refractivity contribution is 9.10. The molecule has 0 spiro atoms. The molecule has 0 saturated carbocycles. The molecular weight excluding hydrogens is 358 g/mol. The summed E-state index contributed by atoms with van der Waals surface area (Å²) in [5.41, 5.74) is 1.17. The molecule has 1 aromatic carbocycles. The molecule has 0 bridgehead atoms. The quantitative estimate of drug-likeness (QED) is 0.758. The van der Waals surface area contributed by atoms with Crippen LogP contribution in [0.5, 0.6) is 11.5 Å². The van der Waals surface area contributed by atoms with Crippen molar-refractivity contribution in [2.75, 3.05) is 20.3 Å². The molecule has 21 heavy (non-hydrogen) atoms. The van der Waals surface area contributed by atoms with Crippen molar-refractivity contribution >= 4 is 33.2 Å². The average molecular weight is 370 g/mol. The standard InChI is InChI=1S/C14H12BrNO4S/c1-18-14(17)10-7-21-13(16-10)8-5-9(15)12-11(6-8)19-3-2-4-20-12/h5-7H,2-4H2,1H3. The third-order valence-corrected chi connectivity index (χ3v) is 4.43. The van der Waals surface area contributed by atoms with Gasteiger partial charge in [0.25, 0.3) is 0 Å². The number of thiazole rings is 1. The van der Waals surface area contributed by atoms with E-state index in [1.807, 2.05) is 12.1 Å². The molecule has 110 valence electrons. The molecule has 1 aliphatic heterocycles. The molecule has 2 heterocycles. The second-order valence-electron chi connectivity index (χ2n) is 4.37. The summed E-state index contributed by atoms with van der Waals surface area (Å²) in [6, 6.07) is 3.79. The van der Waals surface area contributed by atoms with Crippen LogP contribution < -0.4 is 9.47 Å². The summed E-state index contributed by atoms with van der Waals surface area (Å²) >= 11 is 4.88. The summed E-state index contributed by atoms with van der Waals surface area (Å²) in [5.74, 6) is 0.957. The van der Waals surface area contributed by atoms with Gasteiger partial charge in [0.15, 0.2) is 17.2 Å². The van der Waals surface area contributed by atoms with E-state index in [4.69, 9.17) is 9.47 Å².